The Hall–Kier alpha value is -1.45. The number of methoxy groups -OCH3 is 1. The van der Waals surface area contributed by atoms with Crippen molar-refractivity contribution in [1.29, 1.82) is 0 Å². The molecule has 2 heterocycles. The number of rotatable bonds is 3. The molecule has 0 bridgehead atoms. The summed E-state index contributed by atoms with van der Waals surface area (Å²) in [4.78, 5) is 12.8. The second-order valence-corrected chi connectivity index (χ2v) is 9.65. The maximum Gasteiger partial charge on any atom is 0.243 e. The number of sulfonamides is 1. The van der Waals surface area contributed by atoms with E-state index in [0.29, 0.717) is 18.6 Å². The number of benzene rings is 1. The lowest BCUT2D eigenvalue weighted by Crippen LogP contribution is -2.54. The molecular formula is C15H20N2O5S2. The van der Waals surface area contributed by atoms with Crippen LogP contribution in [-0.2, 0) is 25.6 Å². The predicted octanol–water partition coefficient (Wildman–Crippen LogP) is 0.397. The van der Waals surface area contributed by atoms with Gasteiger partial charge in [-0.05, 0) is 25.0 Å². The van der Waals surface area contributed by atoms with E-state index in [4.69, 9.17) is 4.74 Å². The van der Waals surface area contributed by atoms with E-state index < -0.39 is 25.7 Å². The first-order chi connectivity index (χ1) is 11.3. The van der Waals surface area contributed by atoms with E-state index in [-0.39, 0.29) is 29.6 Å². The minimum absolute atomic E-state index is 0.0269. The molecule has 24 heavy (non-hydrogen) atoms. The van der Waals surface area contributed by atoms with Gasteiger partial charge in [-0.2, -0.15) is 4.31 Å². The molecule has 2 saturated heterocycles. The van der Waals surface area contributed by atoms with Crippen LogP contribution < -0.4 is 4.74 Å². The van der Waals surface area contributed by atoms with Gasteiger partial charge < -0.3 is 9.64 Å². The van der Waals surface area contributed by atoms with Crippen LogP contribution in [0.15, 0.2) is 29.2 Å². The molecule has 1 atom stereocenters. The first-order valence-corrected chi connectivity index (χ1v) is 10.4. The van der Waals surface area contributed by atoms with Gasteiger partial charge >= 0.3 is 0 Å². The second kappa shape index (κ2) is 6.12. The Morgan fingerprint density at radius 3 is 2.46 bits per heavy atom. The molecule has 0 saturated carbocycles. The summed E-state index contributed by atoms with van der Waals surface area (Å²) >= 11 is 0. The SMILES string of the molecule is COc1cccc(S(=O)(=O)N2CCC3(CC2)N(C)C(=O)CS3=O)c1. The zero-order valence-electron chi connectivity index (χ0n) is 13.6. The van der Waals surface area contributed by atoms with E-state index in [1.807, 2.05) is 0 Å². The standard InChI is InChI=1S/C15H20N2O5S2/c1-16-14(18)11-23(19)15(16)6-8-17(9-7-15)24(20,21)13-5-3-4-12(10-13)22-2/h3-5,10H,6-9,11H2,1-2H3. The highest BCUT2D eigenvalue weighted by atomic mass is 32.2. The topological polar surface area (TPSA) is 84.0 Å². The molecule has 1 spiro atoms. The number of carbonyl (C=O) groups excluding carboxylic acids is 1. The molecule has 1 aromatic rings. The number of hydrogen-bond acceptors (Lipinski definition) is 5. The van der Waals surface area contributed by atoms with Crippen molar-refractivity contribution in [3.8, 4) is 5.75 Å². The van der Waals surface area contributed by atoms with Gasteiger partial charge in [-0.3, -0.25) is 9.00 Å². The molecule has 2 aliphatic rings. The zero-order valence-corrected chi connectivity index (χ0v) is 15.2. The summed E-state index contributed by atoms with van der Waals surface area (Å²) < 4.78 is 44.4. The number of piperidine rings is 1. The van der Waals surface area contributed by atoms with Crippen LogP contribution in [-0.4, -0.2) is 65.6 Å². The Morgan fingerprint density at radius 1 is 1.25 bits per heavy atom. The molecular weight excluding hydrogens is 352 g/mol. The van der Waals surface area contributed by atoms with Crippen molar-refractivity contribution >= 4 is 26.7 Å². The van der Waals surface area contributed by atoms with Crippen LogP contribution >= 0.6 is 0 Å². The number of ether oxygens (including phenoxy) is 1. The van der Waals surface area contributed by atoms with Gasteiger partial charge in [-0.1, -0.05) is 6.07 Å². The smallest absolute Gasteiger partial charge is 0.243 e. The van der Waals surface area contributed by atoms with Crippen molar-refractivity contribution in [2.45, 2.75) is 22.6 Å². The molecule has 0 aromatic heterocycles. The average Bonchev–Trinajstić information content (AvgIpc) is 2.79. The average molecular weight is 372 g/mol. The van der Waals surface area contributed by atoms with Crippen LogP contribution in [0.4, 0.5) is 0 Å². The quantitative estimate of drug-likeness (QED) is 0.767. The molecule has 9 heteroatoms. The van der Waals surface area contributed by atoms with E-state index in [0.717, 1.165) is 0 Å². The highest BCUT2D eigenvalue weighted by Gasteiger charge is 2.52. The maximum absolute atomic E-state index is 12.8. The predicted molar refractivity (Wildman–Crippen MR) is 89.5 cm³/mol. The van der Waals surface area contributed by atoms with Crippen LogP contribution in [0.2, 0.25) is 0 Å². The molecule has 0 aliphatic carbocycles. The monoisotopic (exact) mass is 372 g/mol. The van der Waals surface area contributed by atoms with Crippen LogP contribution in [0.3, 0.4) is 0 Å². The van der Waals surface area contributed by atoms with Gasteiger partial charge in [0.1, 0.15) is 16.4 Å². The minimum atomic E-state index is -3.64. The third-order valence-electron chi connectivity index (χ3n) is 4.85. The lowest BCUT2D eigenvalue weighted by molar-refractivity contribution is -0.129. The number of amides is 1. The van der Waals surface area contributed by atoms with E-state index in [2.05, 4.69) is 0 Å². The zero-order chi connectivity index (χ0) is 17.5. The van der Waals surface area contributed by atoms with Gasteiger partial charge in [0.25, 0.3) is 0 Å². The van der Waals surface area contributed by atoms with Gasteiger partial charge in [-0.15, -0.1) is 0 Å². The molecule has 1 amide bonds. The maximum atomic E-state index is 12.8. The lowest BCUT2D eigenvalue weighted by atomic mass is 10.0. The molecule has 1 aromatic carbocycles. The van der Waals surface area contributed by atoms with Crippen LogP contribution in [0.1, 0.15) is 12.8 Å². The number of hydrogen-bond donors (Lipinski definition) is 0. The van der Waals surface area contributed by atoms with E-state index in [1.54, 1.807) is 24.1 Å². The summed E-state index contributed by atoms with van der Waals surface area (Å²) in [6.07, 6.45) is 0.760. The summed E-state index contributed by atoms with van der Waals surface area (Å²) in [5, 5.41) is 0. The Labute approximate surface area is 144 Å². The summed E-state index contributed by atoms with van der Waals surface area (Å²) in [5.74, 6) is 0.364. The van der Waals surface area contributed by atoms with Crippen LogP contribution in [0, 0.1) is 0 Å². The van der Waals surface area contributed by atoms with Gasteiger partial charge in [0.05, 0.1) is 22.8 Å². The third kappa shape index (κ3) is 2.64. The molecule has 132 valence electrons. The van der Waals surface area contributed by atoms with E-state index >= 15 is 0 Å². The summed E-state index contributed by atoms with van der Waals surface area (Å²) in [5.41, 5.74) is 0. The Balaban J connectivity index is 1.81. The molecule has 3 rings (SSSR count). The molecule has 2 fully saturated rings. The summed E-state index contributed by atoms with van der Waals surface area (Å²) in [6, 6.07) is 6.34. The minimum Gasteiger partial charge on any atom is -0.497 e. The molecule has 1 unspecified atom stereocenters. The first-order valence-electron chi connectivity index (χ1n) is 7.60. The number of nitrogens with zero attached hydrogens (tertiary/aromatic N) is 2. The van der Waals surface area contributed by atoms with Gasteiger partial charge in [0, 0.05) is 26.2 Å². The molecule has 2 aliphatic heterocycles. The Bertz CT molecular complexity index is 785. The van der Waals surface area contributed by atoms with Crippen LogP contribution in [0.5, 0.6) is 5.75 Å². The van der Waals surface area contributed by atoms with Gasteiger partial charge in [0.15, 0.2) is 0 Å². The third-order valence-corrected chi connectivity index (χ3v) is 8.78. The molecule has 0 radical (unpaired) electrons. The lowest BCUT2D eigenvalue weighted by Gasteiger charge is -2.41. The normalized spacial score (nSPS) is 24.5. The second-order valence-electron chi connectivity index (χ2n) is 5.97. The van der Waals surface area contributed by atoms with Crippen molar-refractivity contribution in [1.82, 2.24) is 9.21 Å². The first kappa shape index (κ1) is 17.4. The van der Waals surface area contributed by atoms with E-state index in [9.17, 15) is 17.4 Å². The fraction of sp³-hybridized carbons (Fsp3) is 0.533. The van der Waals surface area contributed by atoms with Crippen LogP contribution in [0.25, 0.3) is 0 Å². The highest BCUT2D eigenvalue weighted by molar-refractivity contribution is 7.89. The van der Waals surface area contributed by atoms with Gasteiger partial charge in [0.2, 0.25) is 15.9 Å². The fourth-order valence-corrected chi connectivity index (χ4v) is 6.48. The molecule has 0 N–H and O–H groups in total. The van der Waals surface area contributed by atoms with Crippen molar-refractivity contribution in [2.75, 3.05) is 33.0 Å². The van der Waals surface area contributed by atoms with Crippen molar-refractivity contribution in [2.24, 2.45) is 0 Å². The van der Waals surface area contributed by atoms with Crippen molar-refractivity contribution in [3.63, 3.8) is 0 Å². The Kier molecular flexibility index (Phi) is 4.43. The van der Waals surface area contributed by atoms with Crippen molar-refractivity contribution < 1.29 is 22.2 Å². The molecule has 7 nitrogen and oxygen atoms in total. The summed E-state index contributed by atoms with van der Waals surface area (Å²) in [6.45, 7) is 0.478. The summed E-state index contributed by atoms with van der Waals surface area (Å²) in [7, 11) is -1.79. The number of carbonyl (C=O) groups is 1. The Morgan fingerprint density at radius 2 is 1.92 bits per heavy atom. The fourth-order valence-electron chi connectivity index (χ4n) is 3.27. The highest BCUT2D eigenvalue weighted by Crippen LogP contribution is 2.37. The van der Waals surface area contributed by atoms with Crippen molar-refractivity contribution in [3.05, 3.63) is 24.3 Å². The van der Waals surface area contributed by atoms with Gasteiger partial charge in [-0.25, -0.2) is 8.42 Å². The largest absolute Gasteiger partial charge is 0.497 e. The van der Waals surface area contributed by atoms with E-state index in [1.165, 1.54) is 23.5 Å².